The molecule has 2 N–H and O–H groups in total. The van der Waals surface area contributed by atoms with Crippen LogP contribution in [0.2, 0.25) is 0 Å². The van der Waals surface area contributed by atoms with Gasteiger partial charge in [-0.3, -0.25) is 14.6 Å². The molecule has 33 heavy (non-hydrogen) atoms. The van der Waals surface area contributed by atoms with E-state index >= 15 is 0 Å². The Hall–Kier alpha value is -2.61. The van der Waals surface area contributed by atoms with E-state index in [0.29, 0.717) is 25.4 Å². The van der Waals surface area contributed by atoms with Gasteiger partial charge in [-0.25, -0.2) is 0 Å². The van der Waals surface area contributed by atoms with E-state index in [-0.39, 0.29) is 17.9 Å². The number of nitrogens with zero attached hydrogens (tertiary/aromatic N) is 2. The van der Waals surface area contributed by atoms with Gasteiger partial charge in [0.2, 0.25) is 5.91 Å². The molecular weight excluding hydrogens is 418 g/mol. The summed E-state index contributed by atoms with van der Waals surface area (Å²) in [5.74, 6) is 1.27. The second-order valence-corrected chi connectivity index (χ2v) is 9.05. The first kappa shape index (κ1) is 23.5. The number of carbonyl (C=O) groups excluding carboxylic acids is 1. The fourth-order valence-corrected chi connectivity index (χ4v) is 4.88. The summed E-state index contributed by atoms with van der Waals surface area (Å²) in [7, 11) is 1.71. The molecule has 0 saturated carbocycles. The Morgan fingerprint density at radius 3 is 2.24 bits per heavy atom. The van der Waals surface area contributed by atoms with Crippen LogP contribution in [-0.2, 0) is 4.79 Å². The van der Waals surface area contributed by atoms with Gasteiger partial charge in [0.25, 0.3) is 0 Å². The molecule has 0 bridgehead atoms. The number of aliphatic hydroxyl groups is 1. The number of aryl methyl sites for hydroxylation is 2. The number of aliphatic hydroxyl groups excluding tert-OH is 1. The molecule has 1 fully saturated rings. The zero-order chi connectivity index (χ0) is 23.4. The average Bonchev–Trinajstić information content (AvgIpc) is 2.83. The Kier molecular flexibility index (Phi) is 7.53. The second kappa shape index (κ2) is 10.5. The van der Waals surface area contributed by atoms with Gasteiger partial charge in [0.15, 0.2) is 17.6 Å². The lowest BCUT2D eigenvalue weighted by atomic mass is 9.89. The third-order valence-electron chi connectivity index (χ3n) is 6.76. The van der Waals surface area contributed by atoms with Gasteiger partial charge in [-0.05, 0) is 42.7 Å². The molecule has 2 aliphatic heterocycles. The summed E-state index contributed by atoms with van der Waals surface area (Å²) in [6.45, 7) is 9.13. The minimum absolute atomic E-state index is 0.0555. The van der Waals surface area contributed by atoms with Gasteiger partial charge in [-0.1, -0.05) is 30.3 Å². The van der Waals surface area contributed by atoms with Crippen LogP contribution in [0.5, 0.6) is 11.5 Å². The minimum atomic E-state index is -0.627. The van der Waals surface area contributed by atoms with Gasteiger partial charge in [0, 0.05) is 46.3 Å². The Morgan fingerprint density at radius 1 is 1.00 bits per heavy atom. The van der Waals surface area contributed by atoms with Crippen LogP contribution in [-0.4, -0.2) is 85.9 Å². The van der Waals surface area contributed by atoms with Crippen LogP contribution >= 0.6 is 0 Å². The molecule has 2 aromatic rings. The average molecular weight is 454 g/mol. The van der Waals surface area contributed by atoms with Crippen molar-refractivity contribution < 1.29 is 19.4 Å². The van der Waals surface area contributed by atoms with Crippen molar-refractivity contribution in [2.75, 3.05) is 52.9 Å². The van der Waals surface area contributed by atoms with Crippen molar-refractivity contribution in [3.63, 3.8) is 0 Å². The molecular formula is C26H35N3O4. The number of para-hydroxylation sites is 2. The van der Waals surface area contributed by atoms with Crippen molar-refractivity contribution in [2.45, 2.75) is 32.0 Å². The molecule has 4 rings (SSSR count). The van der Waals surface area contributed by atoms with Crippen LogP contribution < -0.4 is 14.8 Å². The van der Waals surface area contributed by atoms with E-state index in [4.69, 9.17) is 9.47 Å². The maximum Gasteiger partial charge on any atom is 0.228 e. The summed E-state index contributed by atoms with van der Waals surface area (Å²) in [6, 6.07) is 13.8. The van der Waals surface area contributed by atoms with E-state index in [1.165, 1.54) is 0 Å². The highest BCUT2D eigenvalue weighted by atomic mass is 16.6. The van der Waals surface area contributed by atoms with Crippen molar-refractivity contribution in [1.29, 1.82) is 0 Å². The van der Waals surface area contributed by atoms with E-state index in [1.54, 1.807) is 7.05 Å². The van der Waals surface area contributed by atoms with Gasteiger partial charge in [-0.2, -0.15) is 0 Å². The predicted molar refractivity (Wildman–Crippen MR) is 128 cm³/mol. The van der Waals surface area contributed by atoms with Crippen LogP contribution in [0.25, 0.3) is 0 Å². The lowest BCUT2D eigenvalue weighted by molar-refractivity contribution is -0.122. The first-order valence-electron chi connectivity index (χ1n) is 11.7. The van der Waals surface area contributed by atoms with Crippen LogP contribution in [0.4, 0.5) is 0 Å². The topological polar surface area (TPSA) is 74.3 Å². The SMILES string of the molecule is CNC(=O)C(CN1CCN(CC(O)C2COc3ccccc3O2)CC1)c1c(C)cccc1C. The van der Waals surface area contributed by atoms with E-state index < -0.39 is 6.10 Å². The van der Waals surface area contributed by atoms with E-state index in [0.717, 1.165) is 48.6 Å². The van der Waals surface area contributed by atoms with Gasteiger partial charge in [0.1, 0.15) is 12.7 Å². The third-order valence-corrected chi connectivity index (χ3v) is 6.76. The zero-order valence-electron chi connectivity index (χ0n) is 19.8. The number of hydrogen-bond acceptors (Lipinski definition) is 6. The number of piperazine rings is 1. The lowest BCUT2D eigenvalue weighted by Gasteiger charge is -2.38. The largest absolute Gasteiger partial charge is 0.486 e. The maximum absolute atomic E-state index is 12.8. The highest BCUT2D eigenvalue weighted by Crippen LogP contribution is 2.32. The molecule has 0 aliphatic carbocycles. The summed E-state index contributed by atoms with van der Waals surface area (Å²) in [6.07, 6.45) is -1.00. The number of carbonyl (C=O) groups is 1. The molecule has 3 atom stereocenters. The monoisotopic (exact) mass is 453 g/mol. The zero-order valence-corrected chi connectivity index (χ0v) is 19.8. The van der Waals surface area contributed by atoms with Gasteiger partial charge in [0.05, 0.1) is 5.92 Å². The number of amides is 1. The highest BCUT2D eigenvalue weighted by molar-refractivity contribution is 5.84. The standard InChI is InChI=1S/C26H35N3O4/c1-18-7-6-8-19(2)25(18)20(26(31)27-3)15-28-11-13-29(14-12-28)16-21(30)24-17-32-22-9-4-5-10-23(22)33-24/h4-10,20-21,24,30H,11-17H2,1-3H3,(H,27,31). The minimum Gasteiger partial charge on any atom is -0.486 e. The Labute approximate surface area is 196 Å². The number of hydrogen-bond donors (Lipinski definition) is 2. The van der Waals surface area contributed by atoms with E-state index in [1.807, 2.05) is 30.3 Å². The van der Waals surface area contributed by atoms with Crippen molar-refractivity contribution >= 4 is 5.91 Å². The predicted octanol–water partition coefficient (Wildman–Crippen LogP) is 1.95. The molecule has 2 aromatic carbocycles. The molecule has 0 aromatic heterocycles. The lowest BCUT2D eigenvalue weighted by Crippen LogP contribution is -2.53. The van der Waals surface area contributed by atoms with Crippen molar-refractivity contribution in [2.24, 2.45) is 0 Å². The Morgan fingerprint density at radius 2 is 1.61 bits per heavy atom. The summed E-state index contributed by atoms with van der Waals surface area (Å²) < 4.78 is 11.7. The molecule has 0 radical (unpaired) electrons. The molecule has 1 saturated heterocycles. The number of benzene rings is 2. The highest BCUT2D eigenvalue weighted by Gasteiger charge is 2.31. The molecule has 0 spiro atoms. The first-order chi connectivity index (χ1) is 16.0. The summed E-state index contributed by atoms with van der Waals surface area (Å²) in [4.78, 5) is 17.4. The Bertz CT molecular complexity index is 938. The van der Waals surface area contributed by atoms with Crippen LogP contribution in [0, 0.1) is 13.8 Å². The molecule has 178 valence electrons. The Balaban J connectivity index is 1.31. The molecule has 7 heteroatoms. The quantitative estimate of drug-likeness (QED) is 0.668. The van der Waals surface area contributed by atoms with Gasteiger partial charge >= 0.3 is 0 Å². The number of rotatable bonds is 7. The van der Waals surface area contributed by atoms with Gasteiger partial charge < -0.3 is 19.9 Å². The smallest absolute Gasteiger partial charge is 0.228 e. The fourth-order valence-electron chi connectivity index (χ4n) is 4.88. The van der Waals surface area contributed by atoms with E-state index in [2.05, 4.69) is 41.1 Å². The van der Waals surface area contributed by atoms with Crippen molar-refractivity contribution in [1.82, 2.24) is 15.1 Å². The van der Waals surface area contributed by atoms with Crippen molar-refractivity contribution in [3.8, 4) is 11.5 Å². The normalized spacial score (nSPS) is 20.8. The number of nitrogens with one attached hydrogen (secondary N) is 1. The van der Waals surface area contributed by atoms with Gasteiger partial charge in [-0.15, -0.1) is 0 Å². The molecule has 7 nitrogen and oxygen atoms in total. The number of fused-ring (bicyclic) bond motifs is 1. The van der Waals surface area contributed by atoms with E-state index in [9.17, 15) is 9.90 Å². The van der Waals surface area contributed by atoms with Crippen LogP contribution in [0.1, 0.15) is 22.6 Å². The van der Waals surface area contributed by atoms with Crippen LogP contribution in [0.3, 0.4) is 0 Å². The molecule has 3 unspecified atom stereocenters. The van der Waals surface area contributed by atoms with Crippen molar-refractivity contribution in [3.05, 3.63) is 59.2 Å². The van der Waals surface area contributed by atoms with Crippen LogP contribution in [0.15, 0.2) is 42.5 Å². The third kappa shape index (κ3) is 5.49. The molecule has 2 aliphatic rings. The fraction of sp³-hybridized carbons (Fsp3) is 0.500. The number of ether oxygens (including phenoxy) is 2. The maximum atomic E-state index is 12.8. The first-order valence-corrected chi connectivity index (χ1v) is 11.7. The summed E-state index contributed by atoms with van der Waals surface area (Å²) >= 11 is 0. The summed E-state index contributed by atoms with van der Waals surface area (Å²) in [5, 5.41) is 13.6. The summed E-state index contributed by atoms with van der Waals surface area (Å²) in [5.41, 5.74) is 3.44. The molecule has 1 amide bonds. The second-order valence-electron chi connectivity index (χ2n) is 9.05. The number of β-amino-alcohol motifs (C(OH)–C–C–N with tert-alkyl or cyclic N) is 1. The number of likely N-dealkylation sites (N-methyl/N-ethyl adjacent to an activating group) is 1. The molecule has 2 heterocycles.